The van der Waals surface area contributed by atoms with Crippen molar-refractivity contribution in [2.45, 2.75) is 32.6 Å². The Kier molecular flexibility index (Phi) is 14.3. The van der Waals surface area contributed by atoms with Crippen LogP contribution in [0.5, 0.6) is 0 Å². The molecular weight excluding hydrogens is 123 g/mol. The van der Waals surface area contributed by atoms with Crippen LogP contribution in [0, 0.1) is 0 Å². The molecule has 52 valence electrons. The van der Waals surface area contributed by atoms with Gasteiger partial charge < -0.3 is 0 Å². The van der Waals surface area contributed by atoms with Crippen LogP contribution in [-0.2, 0) is 0 Å². The number of halogens is 1. The summed E-state index contributed by atoms with van der Waals surface area (Å²) in [5, 5.41) is 0. The molecule has 0 aliphatic carbocycles. The molecule has 0 saturated heterocycles. The van der Waals surface area contributed by atoms with E-state index >= 15 is 0 Å². The summed E-state index contributed by atoms with van der Waals surface area (Å²) in [7, 11) is 0. The van der Waals surface area contributed by atoms with Crippen molar-refractivity contribution >= 4 is 13.5 Å². The summed E-state index contributed by atoms with van der Waals surface area (Å²) < 4.78 is 11.3. The first-order valence-electron chi connectivity index (χ1n) is 2.97. The summed E-state index contributed by atoms with van der Waals surface area (Å²) in [4.78, 5) is 0. The summed E-state index contributed by atoms with van der Waals surface area (Å²) in [5.74, 6) is 0. The van der Waals surface area contributed by atoms with Gasteiger partial charge in [-0.3, -0.25) is 4.39 Å². The lowest BCUT2D eigenvalue weighted by atomic mass is 10.2. The first-order valence-corrected chi connectivity index (χ1v) is 2.97. The highest BCUT2D eigenvalue weighted by Crippen LogP contribution is 1.97. The molecule has 0 aliphatic heterocycles. The van der Waals surface area contributed by atoms with Gasteiger partial charge in [-0.05, 0) is 6.42 Å². The minimum atomic E-state index is -0.139. The molecule has 0 bridgehead atoms. The molecule has 0 aromatic carbocycles. The van der Waals surface area contributed by atoms with Gasteiger partial charge in [0.1, 0.15) is 0 Å². The van der Waals surface area contributed by atoms with E-state index in [4.69, 9.17) is 0 Å². The highest BCUT2D eigenvalue weighted by molar-refractivity contribution is 7.59. The second-order valence-electron chi connectivity index (χ2n) is 1.75. The smallest absolute Gasteiger partial charge is 0.0894 e. The van der Waals surface area contributed by atoms with Gasteiger partial charge in [-0.15, -0.1) is 0 Å². The molecule has 0 nitrogen and oxygen atoms in total. The van der Waals surface area contributed by atoms with Gasteiger partial charge >= 0.3 is 0 Å². The number of unbranched alkanes of at least 4 members (excludes halogenated alkanes) is 3. The van der Waals surface area contributed by atoms with Gasteiger partial charge in [0, 0.05) is 0 Å². The highest BCUT2D eigenvalue weighted by atomic mass is 32.1. The van der Waals surface area contributed by atoms with Crippen LogP contribution in [0.3, 0.4) is 0 Å². The van der Waals surface area contributed by atoms with Crippen molar-refractivity contribution in [2.75, 3.05) is 6.67 Å². The fourth-order valence-corrected chi connectivity index (χ4v) is 0.521. The lowest BCUT2D eigenvalue weighted by molar-refractivity contribution is 0.455. The van der Waals surface area contributed by atoms with Gasteiger partial charge in [0.25, 0.3) is 0 Å². The Morgan fingerprint density at radius 3 is 2.12 bits per heavy atom. The summed E-state index contributed by atoms with van der Waals surface area (Å²) in [6.45, 7) is 1.98. The van der Waals surface area contributed by atoms with E-state index in [2.05, 4.69) is 6.92 Å². The molecule has 0 heterocycles. The van der Waals surface area contributed by atoms with Crippen molar-refractivity contribution in [3.8, 4) is 0 Å². The van der Waals surface area contributed by atoms with Crippen molar-refractivity contribution in [3.63, 3.8) is 0 Å². The summed E-state index contributed by atoms with van der Waals surface area (Å²) in [6, 6.07) is 0. The number of hydrogen-bond acceptors (Lipinski definition) is 0. The van der Waals surface area contributed by atoms with Gasteiger partial charge in [0.2, 0.25) is 0 Å². The molecule has 0 saturated carbocycles. The zero-order chi connectivity index (χ0) is 5.54. The molecule has 0 fully saturated rings. The molecule has 0 amide bonds. The third kappa shape index (κ3) is 9.56. The van der Waals surface area contributed by atoms with Crippen molar-refractivity contribution < 1.29 is 4.39 Å². The van der Waals surface area contributed by atoms with E-state index in [-0.39, 0.29) is 20.2 Å². The minimum Gasteiger partial charge on any atom is -0.251 e. The van der Waals surface area contributed by atoms with E-state index in [0.717, 1.165) is 12.8 Å². The van der Waals surface area contributed by atoms with Crippen molar-refractivity contribution in [2.24, 2.45) is 0 Å². The maximum absolute atomic E-state index is 11.3. The molecule has 0 radical (unpaired) electrons. The lowest BCUT2D eigenvalue weighted by Crippen LogP contribution is -1.75. The average molecular weight is 138 g/mol. The third-order valence-corrected chi connectivity index (χ3v) is 0.987. The second-order valence-corrected chi connectivity index (χ2v) is 1.75. The Morgan fingerprint density at radius 1 is 1.12 bits per heavy atom. The van der Waals surface area contributed by atoms with Gasteiger partial charge in [-0.25, -0.2) is 0 Å². The molecule has 0 rings (SSSR count). The molecule has 0 unspecified atom stereocenters. The molecule has 0 N–H and O–H groups in total. The fraction of sp³-hybridized carbons (Fsp3) is 1.00. The molecule has 0 aromatic heterocycles. The minimum absolute atomic E-state index is 0. The molecule has 2 heteroatoms. The normalized spacial score (nSPS) is 8.25. The molecule has 0 atom stereocenters. The standard InChI is InChI=1S/C6H13F.H2S/c1-2-3-4-5-6-7;/h2-6H2,1H3;1H2. The highest BCUT2D eigenvalue weighted by Gasteiger charge is 1.82. The van der Waals surface area contributed by atoms with Crippen LogP contribution in [0.15, 0.2) is 0 Å². The second kappa shape index (κ2) is 10.3. The zero-order valence-electron chi connectivity index (χ0n) is 5.41. The van der Waals surface area contributed by atoms with E-state index in [1.54, 1.807) is 0 Å². The maximum atomic E-state index is 11.3. The van der Waals surface area contributed by atoms with Crippen molar-refractivity contribution in [1.82, 2.24) is 0 Å². The predicted molar refractivity (Wildman–Crippen MR) is 40.5 cm³/mol. The Morgan fingerprint density at radius 2 is 1.75 bits per heavy atom. The number of rotatable bonds is 4. The van der Waals surface area contributed by atoms with E-state index in [1.807, 2.05) is 0 Å². The monoisotopic (exact) mass is 138 g/mol. The number of hydrogen-bond donors (Lipinski definition) is 0. The van der Waals surface area contributed by atoms with E-state index in [1.165, 1.54) is 12.8 Å². The van der Waals surface area contributed by atoms with Crippen LogP contribution in [0.25, 0.3) is 0 Å². The quantitative estimate of drug-likeness (QED) is 0.524. The molecule has 0 aromatic rings. The maximum Gasteiger partial charge on any atom is 0.0894 e. The SMILES string of the molecule is CCCCCCF.S. The largest absolute Gasteiger partial charge is 0.251 e. The molecular formula is C6H15FS. The molecule has 0 spiro atoms. The van der Waals surface area contributed by atoms with Crippen LogP contribution >= 0.6 is 13.5 Å². The third-order valence-electron chi connectivity index (χ3n) is 0.987. The number of alkyl halides is 1. The molecule has 8 heavy (non-hydrogen) atoms. The van der Waals surface area contributed by atoms with Crippen molar-refractivity contribution in [1.29, 1.82) is 0 Å². The van der Waals surface area contributed by atoms with E-state index in [9.17, 15) is 4.39 Å². The average Bonchev–Trinajstić information content (AvgIpc) is 1.69. The Labute approximate surface area is 57.9 Å². The van der Waals surface area contributed by atoms with Crippen LogP contribution < -0.4 is 0 Å². The van der Waals surface area contributed by atoms with Gasteiger partial charge in [0.05, 0.1) is 6.67 Å². The fourth-order valence-electron chi connectivity index (χ4n) is 0.521. The van der Waals surface area contributed by atoms with Crippen LogP contribution in [0.1, 0.15) is 32.6 Å². The van der Waals surface area contributed by atoms with E-state index < -0.39 is 0 Å². The first-order chi connectivity index (χ1) is 3.41. The summed E-state index contributed by atoms with van der Waals surface area (Å²) in [5.41, 5.74) is 0. The Balaban J connectivity index is 0. The summed E-state index contributed by atoms with van der Waals surface area (Å²) >= 11 is 0. The Hall–Kier alpha value is 0.280. The van der Waals surface area contributed by atoms with Gasteiger partial charge in [-0.2, -0.15) is 13.5 Å². The molecule has 0 aliphatic rings. The van der Waals surface area contributed by atoms with Crippen LogP contribution in [-0.4, -0.2) is 6.67 Å². The summed E-state index contributed by atoms with van der Waals surface area (Å²) in [6.07, 6.45) is 4.20. The van der Waals surface area contributed by atoms with Crippen molar-refractivity contribution in [3.05, 3.63) is 0 Å². The van der Waals surface area contributed by atoms with Gasteiger partial charge in [-0.1, -0.05) is 26.2 Å². The van der Waals surface area contributed by atoms with E-state index in [0.29, 0.717) is 0 Å². The van der Waals surface area contributed by atoms with Crippen LogP contribution in [0.2, 0.25) is 0 Å². The zero-order valence-corrected chi connectivity index (χ0v) is 6.41. The van der Waals surface area contributed by atoms with Gasteiger partial charge in [0.15, 0.2) is 0 Å². The Bertz CT molecular complexity index is 27.7. The predicted octanol–water partition coefficient (Wildman–Crippen LogP) is 2.65. The first kappa shape index (κ1) is 11.1. The topological polar surface area (TPSA) is 0 Å². The lowest BCUT2D eigenvalue weighted by Gasteiger charge is -1.89. The van der Waals surface area contributed by atoms with Crippen LogP contribution in [0.4, 0.5) is 4.39 Å².